The lowest BCUT2D eigenvalue weighted by molar-refractivity contribution is 0.0678. The lowest BCUT2D eigenvalue weighted by atomic mass is 9.80. The van der Waals surface area contributed by atoms with Gasteiger partial charge in [-0.25, -0.2) is 0 Å². The standard InChI is InChI=1S/C16H24N2O/c1-19-16-5-3-2-4-15(16)12-6-8-14(9-7-12)18-10-13(17)11-18/h2-5,12-14H,6-11,17H2,1H3. The zero-order valence-corrected chi connectivity index (χ0v) is 11.7. The number of para-hydroxylation sites is 1. The van der Waals surface area contributed by atoms with Crippen molar-refractivity contribution in [3.05, 3.63) is 29.8 Å². The summed E-state index contributed by atoms with van der Waals surface area (Å²) in [5, 5.41) is 0. The number of hydrogen-bond donors (Lipinski definition) is 1. The molecular weight excluding hydrogens is 236 g/mol. The van der Waals surface area contributed by atoms with Crippen molar-refractivity contribution in [3.8, 4) is 5.75 Å². The number of nitrogens with two attached hydrogens (primary N) is 1. The van der Waals surface area contributed by atoms with E-state index in [0.29, 0.717) is 12.0 Å². The summed E-state index contributed by atoms with van der Waals surface area (Å²) in [5.41, 5.74) is 7.27. The Morgan fingerprint density at radius 3 is 2.42 bits per heavy atom. The Bertz CT molecular complexity index is 421. The van der Waals surface area contributed by atoms with Crippen molar-refractivity contribution in [2.75, 3.05) is 20.2 Å². The first-order valence-corrected chi connectivity index (χ1v) is 7.40. The fourth-order valence-corrected chi connectivity index (χ4v) is 3.60. The van der Waals surface area contributed by atoms with Crippen LogP contribution in [0.4, 0.5) is 0 Å². The van der Waals surface area contributed by atoms with Gasteiger partial charge in [-0.05, 0) is 43.2 Å². The van der Waals surface area contributed by atoms with Crippen molar-refractivity contribution in [3.63, 3.8) is 0 Å². The summed E-state index contributed by atoms with van der Waals surface area (Å²) in [4.78, 5) is 2.56. The number of benzene rings is 1. The highest BCUT2D eigenvalue weighted by Gasteiger charge is 2.33. The number of rotatable bonds is 3. The first-order valence-electron chi connectivity index (χ1n) is 7.40. The van der Waals surface area contributed by atoms with Gasteiger partial charge < -0.3 is 10.5 Å². The highest BCUT2D eigenvalue weighted by Crippen LogP contribution is 2.39. The van der Waals surface area contributed by atoms with Gasteiger partial charge in [-0.15, -0.1) is 0 Å². The molecule has 1 aliphatic heterocycles. The smallest absolute Gasteiger partial charge is 0.122 e. The highest BCUT2D eigenvalue weighted by atomic mass is 16.5. The van der Waals surface area contributed by atoms with E-state index in [-0.39, 0.29) is 0 Å². The Balaban J connectivity index is 1.60. The second-order valence-electron chi connectivity index (χ2n) is 5.96. The minimum atomic E-state index is 0.423. The maximum absolute atomic E-state index is 5.87. The van der Waals surface area contributed by atoms with Gasteiger partial charge >= 0.3 is 0 Å². The fourth-order valence-electron chi connectivity index (χ4n) is 3.60. The lowest BCUT2D eigenvalue weighted by Gasteiger charge is -2.45. The Labute approximate surface area is 115 Å². The van der Waals surface area contributed by atoms with Crippen molar-refractivity contribution in [1.29, 1.82) is 0 Å². The molecule has 19 heavy (non-hydrogen) atoms. The molecule has 3 heteroatoms. The van der Waals surface area contributed by atoms with E-state index in [0.717, 1.165) is 24.9 Å². The predicted octanol–water partition coefficient (Wildman–Crippen LogP) is 2.36. The monoisotopic (exact) mass is 260 g/mol. The highest BCUT2D eigenvalue weighted by molar-refractivity contribution is 5.36. The van der Waals surface area contributed by atoms with Gasteiger partial charge in [0, 0.05) is 25.2 Å². The van der Waals surface area contributed by atoms with E-state index in [9.17, 15) is 0 Å². The third-order valence-corrected chi connectivity index (χ3v) is 4.73. The molecule has 2 fully saturated rings. The molecule has 1 aromatic carbocycles. The van der Waals surface area contributed by atoms with Crippen LogP contribution in [0.25, 0.3) is 0 Å². The van der Waals surface area contributed by atoms with Gasteiger partial charge in [-0.2, -0.15) is 0 Å². The summed E-state index contributed by atoms with van der Waals surface area (Å²) in [6, 6.07) is 9.67. The summed E-state index contributed by atoms with van der Waals surface area (Å²) in [6.45, 7) is 2.20. The molecule has 2 aliphatic rings. The maximum Gasteiger partial charge on any atom is 0.122 e. The number of methoxy groups -OCH3 is 1. The van der Waals surface area contributed by atoms with Crippen molar-refractivity contribution in [2.24, 2.45) is 5.73 Å². The third kappa shape index (κ3) is 2.63. The molecule has 1 saturated heterocycles. The molecule has 1 aromatic rings. The number of ether oxygens (including phenoxy) is 1. The van der Waals surface area contributed by atoms with Crippen molar-refractivity contribution in [2.45, 2.75) is 43.7 Å². The van der Waals surface area contributed by atoms with Crippen molar-refractivity contribution >= 4 is 0 Å². The Hall–Kier alpha value is -1.06. The number of hydrogen-bond acceptors (Lipinski definition) is 3. The normalized spacial score (nSPS) is 28.9. The SMILES string of the molecule is COc1ccccc1C1CCC(N2CC(N)C2)CC1. The van der Waals surface area contributed by atoms with Crippen LogP contribution in [0.15, 0.2) is 24.3 Å². The van der Waals surface area contributed by atoms with Crippen molar-refractivity contribution in [1.82, 2.24) is 4.90 Å². The Morgan fingerprint density at radius 2 is 1.79 bits per heavy atom. The Kier molecular flexibility index (Phi) is 3.76. The maximum atomic E-state index is 5.87. The van der Waals surface area contributed by atoms with Crippen LogP contribution in [0.3, 0.4) is 0 Å². The van der Waals surface area contributed by atoms with Crippen LogP contribution in [0.1, 0.15) is 37.2 Å². The van der Waals surface area contributed by atoms with E-state index in [1.54, 1.807) is 7.11 Å². The van der Waals surface area contributed by atoms with E-state index in [4.69, 9.17) is 10.5 Å². The van der Waals surface area contributed by atoms with Crippen LogP contribution in [0.2, 0.25) is 0 Å². The molecule has 0 radical (unpaired) electrons. The van der Waals surface area contributed by atoms with Gasteiger partial charge in [-0.1, -0.05) is 18.2 Å². The average molecular weight is 260 g/mol. The zero-order valence-electron chi connectivity index (χ0n) is 11.7. The first kappa shape index (κ1) is 12.9. The largest absolute Gasteiger partial charge is 0.496 e. The molecule has 0 spiro atoms. The summed E-state index contributed by atoms with van der Waals surface area (Å²) < 4.78 is 5.49. The van der Waals surface area contributed by atoms with Gasteiger partial charge in [0.1, 0.15) is 5.75 Å². The van der Waals surface area contributed by atoms with Gasteiger partial charge in [0.2, 0.25) is 0 Å². The second-order valence-corrected chi connectivity index (χ2v) is 5.96. The topological polar surface area (TPSA) is 38.5 Å². The Morgan fingerprint density at radius 1 is 1.11 bits per heavy atom. The molecule has 104 valence electrons. The minimum Gasteiger partial charge on any atom is -0.496 e. The van der Waals surface area contributed by atoms with Gasteiger partial charge in [0.25, 0.3) is 0 Å². The summed E-state index contributed by atoms with van der Waals surface area (Å²) in [5.74, 6) is 1.72. The minimum absolute atomic E-state index is 0.423. The lowest BCUT2D eigenvalue weighted by Crippen LogP contribution is -2.59. The van der Waals surface area contributed by atoms with Crippen LogP contribution in [0, 0.1) is 0 Å². The molecule has 0 bridgehead atoms. The first-order chi connectivity index (χ1) is 9.28. The zero-order chi connectivity index (χ0) is 13.2. The van der Waals surface area contributed by atoms with Crippen LogP contribution in [-0.4, -0.2) is 37.2 Å². The predicted molar refractivity (Wildman–Crippen MR) is 77.5 cm³/mol. The van der Waals surface area contributed by atoms with Crippen molar-refractivity contribution < 1.29 is 4.74 Å². The van der Waals surface area contributed by atoms with E-state index in [1.807, 2.05) is 0 Å². The molecule has 1 heterocycles. The average Bonchev–Trinajstić information content (AvgIpc) is 2.44. The molecule has 0 amide bonds. The van der Waals surface area contributed by atoms with Crippen LogP contribution in [0.5, 0.6) is 5.75 Å². The van der Waals surface area contributed by atoms with Crippen LogP contribution >= 0.6 is 0 Å². The molecule has 3 nitrogen and oxygen atoms in total. The summed E-state index contributed by atoms with van der Waals surface area (Å²) in [7, 11) is 1.77. The quantitative estimate of drug-likeness (QED) is 0.906. The summed E-state index contributed by atoms with van der Waals surface area (Å²) >= 11 is 0. The summed E-state index contributed by atoms with van der Waals surface area (Å²) in [6.07, 6.45) is 5.15. The molecule has 0 unspecified atom stereocenters. The number of likely N-dealkylation sites (tertiary alicyclic amines) is 1. The van der Waals surface area contributed by atoms with E-state index < -0.39 is 0 Å². The second kappa shape index (κ2) is 5.51. The van der Waals surface area contributed by atoms with E-state index >= 15 is 0 Å². The van der Waals surface area contributed by atoms with Gasteiger partial charge in [0.05, 0.1) is 7.11 Å². The van der Waals surface area contributed by atoms with E-state index in [2.05, 4.69) is 29.2 Å². The molecule has 0 aromatic heterocycles. The molecule has 0 atom stereocenters. The molecule has 1 saturated carbocycles. The van der Waals surface area contributed by atoms with Gasteiger partial charge in [0.15, 0.2) is 0 Å². The molecule has 3 rings (SSSR count). The fraction of sp³-hybridized carbons (Fsp3) is 0.625. The van der Waals surface area contributed by atoms with Crippen LogP contribution in [-0.2, 0) is 0 Å². The third-order valence-electron chi connectivity index (χ3n) is 4.73. The van der Waals surface area contributed by atoms with Gasteiger partial charge in [-0.3, -0.25) is 4.90 Å². The molecule has 2 N–H and O–H groups in total. The van der Waals surface area contributed by atoms with Crippen LogP contribution < -0.4 is 10.5 Å². The molecule has 1 aliphatic carbocycles. The van der Waals surface area contributed by atoms with E-state index in [1.165, 1.54) is 31.2 Å². The number of nitrogens with zero attached hydrogens (tertiary/aromatic N) is 1. The molecular formula is C16H24N2O.